The summed E-state index contributed by atoms with van der Waals surface area (Å²) in [6.45, 7) is 0.346. The van der Waals surface area contributed by atoms with Crippen LogP contribution in [0.5, 0.6) is 0 Å². The molecule has 1 unspecified atom stereocenters. The lowest BCUT2D eigenvalue weighted by molar-refractivity contribution is -0.116. The maximum Gasteiger partial charge on any atom is 0.227 e. The molecule has 0 spiro atoms. The number of halogens is 1. The van der Waals surface area contributed by atoms with Crippen molar-refractivity contribution >= 4 is 21.6 Å². The quantitative estimate of drug-likeness (QED) is 0.760. The van der Waals surface area contributed by atoms with Gasteiger partial charge < -0.3 is 10.6 Å². The van der Waals surface area contributed by atoms with Gasteiger partial charge in [-0.3, -0.25) is 4.79 Å². The molecule has 1 aromatic rings. The first-order valence-corrected chi connectivity index (χ1v) is 7.63. The highest BCUT2D eigenvalue weighted by Crippen LogP contribution is 2.08. The van der Waals surface area contributed by atoms with E-state index >= 15 is 0 Å². The van der Waals surface area contributed by atoms with E-state index in [0.717, 1.165) is 0 Å². The number of nitrogens with one attached hydrogen (secondary N) is 2. The minimum atomic E-state index is -3.08. The molecule has 19 heavy (non-hydrogen) atoms. The van der Waals surface area contributed by atoms with Gasteiger partial charge in [0.15, 0.2) is 9.84 Å². The minimum Gasteiger partial charge on any atom is -0.311 e. The summed E-state index contributed by atoms with van der Waals surface area (Å²) in [4.78, 5) is 15.2. The molecule has 1 aromatic heterocycles. The van der Waals surface area contributed by atoms with Crippen LogP contribution in [0.15, 0.2) is 18.2 Å². The third-order valence-corrected chi connectivity index (χ3v) is 4.45. The molecule has 1 fully saturated rings. The summed E-state index contributed by atoms with van der Waals surface area (Å²) in [7, 11) is -3.08. The van der Waals surface area contributed by atoms with E-state index in [2.05, 4.69) is 15.6 Å². The fraction of sp³-hybridized carbons (Fsp3) is 0.455. The predicted octanol–water partition coefficient (Wildman–Crippen LogP) is -0.0641. The van der Waals surface area contributed by atoms with Gasteiger partial charge in [0.2, 0.25) is 11.9 Å². The van der Waals surface area contributed by atoms with Crippen LogP contribution in [0.4, 0.5) is 10.2 Å². The Hall–Kier alpha value is -1.54. The maximum absolute atomic E-state index is 12.8. The van der Waals surface area contributed by atoms with Crippen molar-refractivity contribution in [2.75, 3.05) is 23.4 Å². The number of carbonyl (C=O) groups excluding carboxylic acids is 1. The summed E-state index contributed by atoms with van der Waals surface area (Å²) < 4.78 is 35.6. The average molecular weight is 287 g/mol. The number of anilines is 1. The van der Waals surface area contributed by atoms with Crippen molar-refractivity contribution < 1.29 is 17.6 Å². The van der Waals surface area contributed by atoms with Crippen LogP contribution in [0.1, 0.15) is 6.42 Å². The Kier molecular flexibility index (Phi) is 4.11. The lowest BCUT2D eigenvalue weighted by Gasteiger charge is -2.22. The van der Waals surface area contributed by atoms with Gasteiger partial charge in [0.25, 0.3) is 0 Å². The van der Waals surface area contributed by atoms with Gasteiger partial charge in [0.1, 0.15) is 5.82 Å². The standard InChI is InChI=1S/C11H14FN3O3S/c12-9-2-1-3-10(14-9)15-11(16)6-8-7-19(17,18)5-4-13-8/h1-3,8,13H,4-7H2,(H,14,15,16). The van der Waals surface area contributed by atoms with E-state index in [1.165, 1.54) is 18.2 Å². The van der Waals surface area contributed by atoms with Gasteiger partial charge in [-0.15, -0.1) is 0 Å². The van der Waals surface area contributed by atoms with E-state index in [1.807, 2.05) is 0 Å². The lowest BCUT2D eigenvalue weighted by atomic mass is 10.2. The zero-order valence-electron chi connectivity index (χ0n) is 10.1. The van der Waals surface area contributed by atoms with Crippen molar-refractivity contribution in [1.29, 1.82) is 0 Å². The third-order valence-electron chi connectivity index (χ3n) is 2.72. The van der Waals surface area contributed by atoms with Gasteiger partial charge in [-0.1, -0.05) is 6.07 Å². The van der Waals surface area contributed by atoms with Crippen molar-refractivity contribution in [2.24, 2.45) is 0 Å². The summed E-state index contributed by atoms with van der Waals surface area (Å²) in [6, 6.07) is 3.66. The predicted molar refractivity (Wildman–Crippen MR) is 67.9 cm³/mol. The topological polar surface area (TPSA) is 88.2 Å². The van der Waals surface area contributed by atoms with Crippen LogP contribution >= 0.6 is 0 Å². The molecular weight excluding hydrogens is 273 g/mol. The van der Waals surface area contributed by atoms with Crippen molar-refractivity contribution in [3.63, 3.8) is 0 Å². The molecule has 6 nitrogen and oxygen atoms in total. The van der Waals surface area contributed by atoms with E-state index in [-0.39, 0.29) is 23.7 Å². The third kappa shape index (κ3) is 4.25. The van der Waals surface area contributed by atoms with Gasteiger partial charge in [-0.25, -0.2) is 13.4 Å². The highest BCUT2D eigenvalue weighted by atomic mass is 32.2. The van der Waals surface area contributed by atoms with Crippen LogP contribution in [0.2, 0.25) is 0 Å². The number of nitrogens with zero attached hydrogens (tertiary/aromatic N) is 1. The normalized spacial score (nSPS) is 21.8. The largest absolute Gasteiger partial charge is 0.311 e. The van der Waals surface area contributed by atoms with E-state index in [9.17, 15) is 17.6 Å². The van der Waals surface area contributed by atoms with Crippen molar-refractivity contribution in [3.05, 3.63) is 24.1 Å². The summed E-state index contributed by atoms with van der Waals surface area (Å²) in [5.41, 5.74) is 0. The van der Waals surface area contributed by atoms with Crippen molar-refractivity contribution in [3.8, 4) is 0 Å². The highest BCUT2D eigenvalue weighted by Gasteiger charge is 2.26. The summed E-state index contributed by atoms with van der Waals surface area (Å²) in [6.07, 6.45) is 0.0113. The SMILES string of the molecule is O=C(CC1CS(=O)(=O)CCN1)Nc1cccc(F)n1. The number of aromatic nitrogens is 1. The Morgan fingerprint density at radius 3 is 3.00 bits per heavy atom. The summed E-state index contributed by atoms with van der Waals surface area (Å²) in [5, 5.41) is 5.40. The van der Waals surface area contributed by atoms with Crippen LogP contribution in [-0.4, -0.2) is 43.4 Å². The zero-order chi connectivity index (χ0) is 13.9. The molecule has 1 saturated heterocycles. The number of pyridine rings is 1. The fourth-order valence-electron chi connectivity index (χ4n) is 1.89. The number of hydrogen-bond donors (Lipinski definition) is 2. The maximum atomic E-state index is 12.8. The van der Waals surface area contributed by atoms with Gasteiger partial charge in [0.05, 0.1) is 11.5 Å². The second-order valence-electron chi connectivity index (χ2n) is 4.36. The smallest absolute Gasteiger partial charge is 0.227 e. The Bertz CT molecular complexity index is 576. The lowest BCUT2D eigenvalue weighted by Crippen LogP contribution is -2.46. The first-order valence-electron chi connectivity index (χ1n) is 5.81. The molecule has 104 valence electrons. The summed E-state index contributed by atoms with van der Waals surface area (Å²) in [5.74, 6) is -0.930. The van der Waals surface area contributed by atoms with Crippen molar-refractivity contribution in [2.45, 2.75) is 12.5 Å². The minimum absolute atomic E-state index is 0.0113. The van der Waals surface area contributed by atoms with Gasteiger partial charge in [0, 0.05) is 19.0 Å². The van der Waals surface area contributed by atoms with Crippen molar-refractivity contribution in [1.82, 2.24) is 10.3 Å². The molecule has 1 atom stereocenters. The first kappa shape index (κ1) is 13.9. The molecule has 1 aliphatic rings. The molecule has 0 aliphatic carbocycles. The molecule has 8 heteroatoms. The van der Waals surface area contributed by atoms with Crippen LogP contribution in [0.25, 0.3) is 0 Å². The molecule has 0 aromatic carbocycles. The Balaban J connectivity index is 1.91. The molecule has 1 amide bonds. The van der Waals surface area contributed by atoms with E-state index < -0.39 is 27.7 Å². The molecule has 0 bridgehead atoms. The van der Waals surface area contributed by atoms with Crippen LogP contribution in [0, 0.1) is 5.95 Å². The number of rotatable bonds is 3. The fourth-order valence-corrected chi connectivity index (χ4v) is 3.34. The van der Waals surface area contributed by atoms with Crippen LogP contribution < -0.4 is 10.6 Å². The second-order valence-corrected chi connectivity index (χ2v) is 6.59. The first-order chi connectivity index (χ1) is 8.94. The van der Waals surface area contributed by atoms with Crippen LogP contribution in [0.3, 0.4) is 0 Å². The summed E-state index contributed by atoms with van der Waals surface area (Å²) >= 11 is 0. The molecule has 0 saturated carbocycles. The van der Waals surface area contributed by atoms with Crippen LogP contribution in [-0.2, 0) is 14.6 Å². The molecule has 0 radical (unpaired) electrons. The monoisotopic (exact) mass is 287 g/mol. The number of amides is 1. The molecule has 2 rings (SSSR count). The van der Waals surface area contributed by atoms with Gasteiger partial charge in [-0.2, -0.15) is 4.39 Å². The Morgan fingerprint density at radius 1 is 1.53 bits per heavy atom. The molecular formula is C11H14FN3O3S. The Labute approximate surface area is 110 Å². The average Bonchev–Trinajstić information content (AvgIpc) is 2.27. The molecule has 2 N–H and O–H groups in total. The molecule has 1 aliphatic heterocycles. The highest BCUT2D eigenvalue weighted by molar-refractivity contribution is 7.91. The number of sulfone groups is 1. The number of hydrogen-bond acceptors (Lipinski definition) is 5. The Morgan fingerprint density at radius 2 is 2.32 bits per heavy atom. The van der Waals surface area contributed by atoms with Gasteiger partial charge in [-0.05, 0) is 12.1 Å². The second kappa shape index (κ2) is 5.62. The number of carbonyl (C=O) groups is 1. The van der Waals surface area contributed by atoms with Gasteiger partial charge >= 0.3 is 0 Å². The zero-order valence-corrected chi connectivity index (χ0v) is 10.9. The molecule has 2 heterocycles. The van der Waals surface area contributed by atoms with E-state index in [0.29, 0.717) is 6.54 Å². The van der Waals surface area contributed by atoms with E-state index in [4.69, 9.17) is 0 Å². The van der Waals surface area contributed by atoms with E-state index in [1.54, 1.807) is 0 Å².